The summed E-state index contributed by atoms with van der Waals surface area (Å²) in [6.45, 7) is 0. The first-order valence-corrected chi connectivity index (χ1v) is 5.18. The molecule has 0 aliphatic heterocycles. The third-order valence-electron chi connectivity index (χ3n) is 3.01. The number of nitrogens with one attached hydrogen (secondary N) is 1. The van der Waals surface area contributed by atoms with Crippen molar-refractivity contribution in [1.82, 2.24) is 0 Å². The number of hydrogen-bond donors (Lipinski definition) is 2. The van der Waals surface area contributed by atoms with Gasteiger partial charge in [0, 0.05) is 5.69 Å². The van der Waals surface area contributed by atoms with Crippen molar-refractivity contribution >= 4 is 11.7 Å². The number of rotatable bonds is 3. The molecule has 1 aliphatic carbocycles. The van der Waals surface area contributed by atoms with Gasteiger partial charge in [0.15, 0.2) is 0 Å². The van der Waals surface area contributed by atoms with Crippen molar-refractivity contribution in [1.29, 1.82) is 5.26 Å². The van der Waals surface area contributed by atoms with Gasteiger partial charge in [0.2, 0.25) is 0 Å². The Morgan fingerprint density at radius 1 is 1.38 bits per heavy atom. The van der Waals surface area contributed by atoms with Crippen molar-refractivity contribution in [2.75, 3.05) is 5.32 Å². The van der Waals surface area contributed by atoms with Gasteiger partial charge >= 0.3 is 5.97 Å². The lowest BCUT2D eigenvalue weighted by Gasteiger charge is -2.39. The molecule has 0 unspecified atom stereocenters. The van der Waals surface area contributed by atoms with Crippen molar-refractivity contribution in [3.8, 4) is 6.07 Å². The van der Waals surface area contributed by atoms with Crippen molar-refractivity contribution in [3.63, 3.8) is 0 Å². The van der Waals surface area contributed by atoms with Crippen LogP contribution in [0.2, 0.25) is 0 Å². The number of nitrogens with zero attached hydrogens (tertiary/aromatic N) is 1. The van der Waals surface area contributed by atoms with E-state index in [1.54, 1.807) is 24.3 Å². The molecule has 1 saturated carbocycles. The molecule has 4 nitrogen and oxygen atoms in total. The lowest BCUT2D eigenvalue weighted by atomic mass is 9.76. The zero-order valence-electron chi connectivity index (χ0n) is 8.73. The average Bonchev–Trinajstić information content (AvgIpc) is 2.24. The van der Waals surface area contributed by atoms with Crippen LogP contribution in [0.3, 0.4) is 0 Å². The summed E-state index contributed by atoms with van der Waals surface area (Å²) < 4.78 is 0. The molecule has 0 saturated heterocycles. The number of benzene rings is 1. The van der Waals surface area contributed by atoms with E-state index >= 15 is 0 Å². The second-order valence-corrected chi connectivity index (χ2v) is 4.05. The number of aliphatic carboxylic acids is 1. The van der Waals surface area contributed by atoms with E-state index in [1.165, 1.54) is 0 Å². The van der Waals surface area contributed by atoms with Crippen LogP contribution in [0.4, 0.5) is 5.69 Å². The van der Waals surface area contributed by atoms with Crippen LogP contribution in [0.1, 0.15) is 24.8 Å². The Labute approximate surface area is 93.5 Å². The molecule has 0 bridgehead atoms. The Hall–Kier alpha value is -2.02. The molecule has 0 aromatic heterocycles. The smallest absolute Gasteiger partial charge is 0.329 e. The molecule has 4 heteroatoms. The maximum atomic E-state index is 11.1. The molecule has 82 valence electrons. The molecule has 1 fully saturated rings. The molecule has 2 rings (SSSR count). The molecule has 0 heterocycles. The van der Waals surface area contributed by atoms with Crippen LogP contribution in [-0.2, 0) is 4.79 Å². The van der Waals surface area contributed by atoms with E-state index in [0.29, 0.717) is 18.4 Å². The van der Waals surface area contributed by atoms with E-state index in [1.807, 2.05) is 6.07 Å². The Morgan fingerprint density at radius 2 is 2.00 bits per heavy atom. The van der Waals surface area contributed by atoms with Crippen LogP contribution in [0.5, 0.6) is 0 Å². The van der Waals surface area contributed by atoms with Crippen molar-refractivity contribution in [3.05, 3.63) is 29.8 Å². The van der Waals surface area contributed by atoms with Crippen molar-refractivity contribution < 1.29 is 9.90 Å². The lowest BCUT2D eigenvalue weighted by molar-refractivity contribution is -0.145. The first-order valence-electron chi connectivity index (χ1n) is 5.18. The van der Waals surface area contributed by atoms with E-state index in [-0.39, 0.29) is 0 Å². The number of anilines is 1. The normalized spacial score (nSPS) is 16.9. The first kappa shape index (κ1) is 10.5. The fourth-order valence-electron chi connectivity index (χ4n) is 1.83. The highest BCUT2D eigenvalue weighted by atomic mass is 16.4. The van der Waals surface area contributed by atoms with Gasteiger partial charge in [-0.15, -0.1) is 0 Å². The molecule has 0 radical (unpaired) electrons. The predicted molar refractivity (Wildman–Crippen MR) is 59.0 cm³/mol. The van der Waals surface area contributed by atoms with Crippen LogP contribution in [-0.4, -0.2) is 16.6 Å². The second kappa shape index (κ2) is 3.86. The predicted octanol–water partition coefficient (Wildman–Crippen LogP) is 1.98. The van der Waals surface area contributed by atoms with Gasteiger partial charge in [0.05, 0.1) is 11.6 Å². The molecule has 16 heavy (non-hydrogen) atoms. The zero-order chi connectivity index (χ0) is 11.6. The highest BCUT2D eigenvalue weighted by Gasteiger charge is 2.44. The zero-order valence-corrected chi connectivity index (χ0v) is 8.73. The highest BCUT2D eigenvalue weighted by molar-refractivity contribution is 5.84. The Bertz CT molecular complexity index is 441. The van der Waals surface area contributed by atoms with Crippen LogP contribution in [0.25, 0.3) is 0 Å². The average molecular weight is 216 g/mol. The van der Waals surface area contributed by atoms with Gasteiger partial charge in [-0.1, -0.05) is 0 Å². The monoisotopic (exact) mass is 216 g/mol. The van der Waals surface area contributed by atoms with Gasteiger partial charge in [0.25, 0.3) is 0 Å². The Balaban J connectivity index is 2.14. The summed E-state index contributed by atoms with van der Waals surface area (Å²) in [4.78, 5) is 11.1. The summed E-state index contributed by atoms with van der Waals surface area (Å²) in [5.74, 6) is -0.803. The minimum absolute atomic E-state index is 0.573. The molecule has 0 spiro atoms. The van der Waals surface area contributed by atoms with E-state index in [0.717, 1.165) is 12.1 Å². The van der Waals surface area contributed by atoms with Gasteiger partial charge in [-0.05, 0) is 43.5 Å². The highest BCUT2D eigenvalue weighted by Crippen LogP contribution is 2.35. The molecule has 1 aliphatic rings. The summed E-state index contributed by atoms with van der Waals surface area (Å²) in [5.41, 5.74) is 0.526. The Kier molecular flexibility index (Phi) is 2.53. The second-order valence-electron chi connectivity index (χ2n) is 4.05. The number of nitriles is 1. The fourth-order valence-corrected chi connectivity index (χ4v) is 1.83. The largest absolute Gasteiger partial charge is 0.480 e. The third kappa shape index (κ3) is 1.72. The summed E-state index contributed by atoms with van der Waals surface area (Å²) in [7, 11) is 0. The third-order valence-corrected chi connectivity index (χ3v) is 3.01. The fraction of sp³-hybridized carbons (Fsp3) is 0.333. The van der Waals surface area contributed by atoms with Gasteiger partial charge in [-0.25, -0.2) is 4.79 Å². The SMILES string of the molecule is N#Cc1ccc(NC2(C(=O)O)CCC2)cc1. The van der Waals surface area contributed by atoms with E-state index in [4.69, 9.17) is 10.4 Å². The van der Waals surface area contributed by atoms with Crippen molar-refractivity contribution in [2.45, 2.75) is 24.8 Å². The van der Waals surface area contributed by atoms with Crippen molar-refractivity contribution in [2.24, 2.45) is 0 Å². The minimum Gasteiger partial charge on any atom is -0.480 e. The van der Waals surface area contributed by atoms with Gasteiger partial charge < -0.3 is 10.4 Å². The standard InChI is InChI=1S/C12H12N2O2/c13-8-9-2-4-10(5-3-9)14-12(11(15)16)6-1-7-12/h2-5,14H,1,6-7H2,(H,15,16). The summed E-state index contributed by atoms with van der Waals surface area (Å²) in [6, 6.07) is 8.85. The summed E-state index contributed by atoms with van der Waals surface area (Å²) >= 11 is 0. The molecule has 1 aromatic rings. The molecular weight excluding hydrogens is 204 g/mol. The van der Waals surface area contributed by atoms with E-state index in [2.05, 4.69) is 5.32 Å². The Morgan fingerprint density at radius 3 is 2.38 bits per heavy atom. The lowest BCUT2D eigenvalue weighted by Crippen LogP contribution is -2.52. The van der Waals surface area contributed by atoms with E-state index in [9.17, 15) is 4.79 Å². The maximum absolute atomic E-state index is 11.1. The number of hydrogen-bond acceptors (Lipinski definition) is 3. The van der Waals surface area contributed by atoms with Gasteiger partial charge in [0.1, 0.15) is 5.54 Å². The molecule has 0 atom stereocenters. The number of carboxylic acids is 1. The summed E-state index contributed by atoms with van der Waals surface area (Å²) in [5, 5.41) is 20.8. The number of carbonyl (C=O) groups is 1. The van der Waals surface area contributed by atoms with Crippen LogP contribution < -0.4 is 5.32 Å². The topological polar surface area (TPSA) is 73.1 Å². The minimum atomic E-state index is -0.803. The van der Waals surface area contributed by atoms with Crippen LogP contribution in [0, 0.1) is 11.3 Å². The molecule has 1 aromatic carbocycles. The van der Waals surface area contributed by atoms with Gasteiger partial charge in [-0.2, -0.15) is 5.26 Å². The molecule has 0 amide bonds. The first-order chi connectivity index (χ1) is 7.66. The van der Waals surface area contributed by atoms with Crippen LogP contribution >= 0.6 is 0 Å². The summed E-state index contributed by atoms with van der Waals surface area (Å²) in [6.07, 6.45) is 2.25. The van der Waals surface area contributed by atoms with E-state index < -0.39 is 11.5 Å². The molecular formula is C12H12N2O2. The number of carboxylic acid groups (broad SMARTS) is 1. The molecule has 2 N–H and O–H groups in total. The van der Waals surface area contributed by atoms with Crippen LogP contribution in [0.15, 0.2) is 24.3 Å². The quantitative estimate of drug-likeness (QED) is 0.810. The van der Waals surface area contributed by atoms with Gasteiger partial charge in [-0.3, -0.25) is 0 Å². The maximum Gasteiger partial charge on any atom is 0.329 e.